The van der Waals surface area contributed by atoms with Gasteiger partial charge in [-0.1, -0.05) is 26.0 Å². The Morgan fingerprint density at radius 2 is 1.94 bits per heavy atom. The molecule has 1 rings (SSSR count). The van der Waals surface area contributed by atoms with E-state index in [1.807, 2.05) is 13.8 Å². The minimum absolute atomic E-state index is 0.302. The minimum atomic E-state index is -0.715. The summed E-state index contributed by atoms with van der Waals surface area (Å²) in [5, 5.41) is 3.20. The first-order chi connectivity index (χ1) is 7.56. The smallest absolute Gasteiger partial charge is 0.162 e. The van der Waals surface area contributed by atoms with Gasteiger partial charge in [-0.05, 0) is 43.5 Å². The van der Waals surface area contributed by atoms with E-state index in [2.05, 4.69) is 5.32 Å². The van der Waals surface area contributed by atoms with E-state index in [0.717, 1.165) is 13.1 Å². The molecule has 0 aliphatic carbocycles. The predicted octanol–water partition coefficient (Wildman–Crippen LogP) is 3.06. The lowest BCUT2D eigenvalue weighted by molar-refractivity contribution is 0.469. The molecule has 0 saturated heterocycles. The van der Waals surface area contributed by atoms with Crippen molar-refractivity contribution >= 4 is 0 Å². The zero-order chi connectivity index (χ0) is 12.1. The fraction of sp³-hybridized carbons (Fsp3) is 0.538. The predicted molar refractivity (Wildman–Crippen MR) is 62.5 cm³/mol. The van der Waals surface area contributed by atoms with Crippen molar-refractivity contribution in [2.45, 2.75) is 27.2 Å². The number of rotatable bonds is 5. The summed E-state index contributed by atoms with van der Waals surface area (Å²) < 4.78 is 26.9. The Bertz CT molecular complexity index is 350. The minimum Gasteiger partial charge on any atom is -0.317 e. The summed E-state index contributed by atoms with van der Waals surface area (Å²) in [6.07, 6.45) is 0.566. The number of hydrogen-bond donors (Lipinski definition) is 1. The van der Waals surface area contributed by atoms with E-state index in [4.69, 9.17) is 0 Å². The lowest BCUT2D eigenvalue weighted by atomic mass is 9.99. The molecule has 16 heavy (non-hydrogen) atoms. The molecule has 0 amide bonds. The third-order valence-electron chi connectivity index (χ3n) is 2.67. The Hall–Kier alpha value is -0.960. The van der Waals surface area contributed by atoms with Crippen LogP contribution in [-0.4, -0.2) is 13.1 Å². The van der Waals surface area contributed by atoms with Crippen LogP contribution in [0.4, 0.5) is 8.78 Å². The number of aryl methyl sites for hydroxylation is 1. The molecule has 0 fully saturated rings. The maximum absolute atomic E-state index is 13.5. The van der Waals surface area contributed by atoms with Gasteiger partial charge in [-0.15, -0.1) is 0 Å². The van der Waals surface area contributed by atoms with Crippen molar-refractivity contribution in [3.05, 3.63) is 34.9 Å². The zero-order valence-electron chi connectivity index (χ0n) is 10.1. The second-order valence-electron chi connectivity index (χ2n) is 4.29. The lowest BCUT2D eigenvalue weighted by Gasteiger charge is -2.13. The monoisotopic (exact) mass is 227 g/mol. The van der Waals surface area contributed by atoms with Gasteiger partial charge in [0.2, 0.25) is 0 Å². The standard InChI is InChI=1S/C13H19F2N/c1-4-16-8-9(2)7-11-6-5-10(3)12(14)13(11)15/h5-6,9,16H,4,7-8H2,1-3H3. The number of halogens is 2. The molecule has 3 heteroatoms. The summed E-state index contributed by atoms with van der Waals surface area (Å²) >= 11 is 0. The molecule has 1 aromatic carbocycles. The first-order valence-electron chi connectivity index (χ1n) is 5.70. The van der Waals surface area contributed by atoms with Crippen molar-refractivity contribution in [2.24, 2.45) is 5.92 Å². The van der Waals surface area contributed by atoms with E-state index in [-0.39, 0.29) is 0 Å². The fourth-order valence-electron chi connectivity index (χ4n) is 1.68. The van der Waals surface area contributed by atoms with Gasteiger partial charge in [-0.25, -0.2) is 8.78 Å². The molecule has 1 aromatic rings. The third-order valence-corrected chi connectivity index (χ3v) is 2.67. The second-order valence-corrected chi connectivity index (χ2v) is 4.29. The lowest BCUT2D eigenvalue weighted by Crippen LogP contribution is -2.22. The second kappa shape index (κ2) is 5.94. The highest BCUT2D eigenvalue weighted by Gasteiger charge is 2.13. The van der Waals surface area contributed by atoms with Gasteiger partial charge >= 0.3 is 0 Å². The Balaban J connectivity index is 2.70. The van der Waals surface area contributed by atoms with Crippen LogP contribution in [0.5, 0.6) is 0 Å². The van der Waals surface area contributed by atoms with Gasteiger partial charge in [0.25, 0.3) is 0 Å². The molecule has 0 aliphatic heterocycles. The molecule has 1 nitrogen and oxygen atoms in total. The van der Waals surface area contributed by atoms with Crippen LogP contribution in [0.2, 0.25) is 0 Å². The summed E-state index contributed by atoms with van der Waals surface area (Å²) in [4.78, 5) is 0. The van der Waals surface area contributed by atoms with Crippen LogP contribution in [0.1, 0.15) is 25.0 Å². The van der Waals surface area contributed by atoms with Crippen molar-refractivity contribution < 1.29 is 8.78 Å². The van der Waals surface area contributed by atoms with Crippen LogP contribution in [0.15, 0.2) is 12.1 Å². The van der Waals surface area contributed by atoms with E-state index < -0.39 is 11.6 Å². The molecule has 1 unspecified atom stereocenters. The molecule has 0 heterocycles. The molecule has 0 aliphatic rings. The van der Waals surface area contributed by atoms with Gasteiger partial charge in [0.05, 0.1) is 0 Å². The molecular formula is C13H19F2N. The van der Waals surface area contributed by atoms with Gasteiger partial charge in [0.15, 0.2) is 11.6 Å². The van der Waals surface area contributed by atoms with Gasteiger partial charge in [-0.2, -0.15) is 0 Å². The topological polar surface area (TPSA) is 12.0 Å². The maximum Gasteiger partial charge on any atom is 0.162 e. The van der Waals surface area contributed by atoms with Crippen molar-refractivity contribution in [1.29, 1.82) is 0 Å². The Morgan fingerprint density at radius 3 is 2.56 bits per heavy atom. The van der Waals surface area contributed by atoms with Crippen molar-refractivity contribution in [3.8, 4) is 0 Å². The molecule has 0 radical (unpaired) electrons. The van der Waals surface area contributed by atoms with E-state index in [9.17, 15) is 8.78 Å². The highest BCUT2D eigenvalue weighted by molar-refractivity contribution is 5.25. The van der Waals surface area contributed by atoms with Crippen LogP contribution in [0.25, 0.3) is 0 Å². The molecular weight excluding hydrogens is 208 g/mol. The number of benzene rings is 1. The van der Waals surface area contributed by atoms with Gasteiger partial charge in [0, 0.05) is 0 Å². The molecule has 0 aromatic heterocycles. The highest BCUT2D eigenvalue weighted by Crippen LogP contribution is 2.18. The molecule has 90 valence electrons. The average molecular weight is 227 g/mol. The number of hydrogen-bond acceptors (Lipinski definition) is 1. The zero-order valence-corrected chi connectivity index (χ0v) is 10.1. The van der Waals surface area contributed by atoms with E-state index in [0.29, 0.717) is 23.5 Å². The molecule has 0 saturated carbocycles. The van der Waals surface area contributed by atoms with Crippen LogP contribution >= 0.6 is 0 Å². The van der Waals surface area contributed by atoms with Crippen LogP contribution < -0.4 is 5.32 Å². The summed E-state index contributed by atoms with van der Waals surface area (Å²) in [5.41, 5.74) is 0.828. The summed E-state index contributed by atoms with van der Waals surface area (Å²) in [6, 6.07) is 3.31. The van der Waals surface area contributed by atoms with E-state index in [1.165, 1.54) is 0 Å². The largest absolute Gasteiger partial charge is 0.317 e. The Labute approximate surface area is 95.9 Å². The van der Waals surface area contributed by atoms with Crippen molar-refractivity contribution in [2.75, 3.05) is 13.1 Å². The summed E-state index contributed by atoms with van der Waals surface area (Å²) in [6.45, 7) is 7.35. The quantitative estimate of drug-likeness (QED) is 0.815. The first-order valence-corrected chi connectivity index (χ1v) is 5.70. The maximum atomic E-state index is 13.5. The normalized spacial score (nSPS) is 12.8. The molecule has 0 spiro atoms. The molecule has 1 N–H and O–H groups in total. The van der Waals surface area contributed by atoms with Crippen molar-refractivity contribution in [1.82, 2.24) is 5.32 Å². The highest BCUT2D eigenvalue weighted by atomic mass is 19.2. The van der Waals surface area contributed by atoms with Crippen molar-refractivity contribution in [3.63, 3.8) is 0 Å². The van der Waals surface area contributed by atoms with Gasteiger partial charge < -0.3 is 5.32 Å². The number of nitrogens with one attached hydrogen (secondary N) is 1. The SMILES string of the molecule is CCNCC(C)Cc1ccc(C)c(F)c1F. The van der Waals surface area contributed by atoms with E-state index >= 15 is 0 Å². The Morgan fingerprint density at radius 1 is 1.25 bits per heavy atom. The van der Waals surface area contributed by atoms with E-state index in [1.54, 1.807) is 19.1 Å². The van der Waals surface area contributed by atoms with Crippen LogP contribution in [-0.2, 0) is 6.42 Å². The molecule has 0 bridgehead atoms. The third kappa shape index (κ3) is 3.27. The van der Waals surface area contributed by atoms with Crippen LogP contribution in [0.3, 0.4) is 0 Å². The summed E-state index contributed by atoms with van der Waals surface area (Å²) in [7, 11) is 0. The average Bonchev–Trinajstić information content (AvgIpc) is 2.27. The van der Waals surface area contributed by atoms with Gasteiger partial charge in [-0.3, -0.25) is 0 Å². The van der Waals surface area contributed by atoms with Gasteiger partial charge in [0.1, 0.15) is 0 Å². The van der Waals surface area contributed by atoms with Crippen LogP contribution in [0, 0.1) is 24.5 Å². The fourth-order valence-corrected chi connectivity index (χ4v) is 1.68. The Kier molecular flexibility index (Phi) is 4.87. The summed E-state index contributed by atoms with van der Waals surface area (Å²) in [5.74, 6) is -1.10. The molecule has 1 atom stereocenters. The first kappa shape index (κ1) is 13.1.